The topological polar surface area (TPSA) is 78.4 Å². The lowest BCUT2D eigenvalue weighted by Crippen LogP contribution is -2.17. The number of hydrazone groups is 1. The average molecular weight is 547 g/mol. The molecule has 7 nitrogen and oxygen atoms in total. The van der Waals surface area contributed by atoms with Gasteiger partial charge in [-0.3, -0.25) is 4.79 Å². The van der Waals surface area contributed by atoms with Crippen molar-refractivity contribution >= 4 is 34.5 Å². The second-order valence-electron chi connectivity index (χ2n) is 8.60. The molecule has 0 radical (unpaired) electrons. The summed E-state index contributed by atoms with van der Waals surface area (Å²) >= 11 is 6.55. The van der Waals surface area contributed by atoms with Gasteiger partial charge < -0.3 is 18.9 Å². The molecule has 0 saturated heterocycles. The number of amides is 1. The molecular formula is C31H31ClN2O5. The zero-order chi connectivity index (χ0) is 27.6. The number of carbonyl (C=O) groups excluding carboxylic acids is 1. The molecule has 4 aromatic rings. The van der Waals surface area contributed by atoms with Crippen molar-refractivity contribution in [1.29, 1.82) is 0 Å². The van der Waals surface area contributed by atoms with E-state index in [0.717, 1.165) is 22.8 Å². The minimum atomic E-state index is -0.387. The summed E-state index contributed by atoms with van der Waals surface area (Å²) < 4.78 is 22.9. The van der Waals surface area contributed by atoms with E-state index in [1.807, 2.05) is 38.1 Å². The first-order valence-corrected chi connectivity index (χ1v) is 13.1. The van der Waals surface area contributed by atoms with Gasteiger partial charge in [0, 0.05) is 5.56 Å². The highest BCUT2D eigenvalue weighted by Crippen LogP contribution is 2.37. The van der Waals surface area contributed by atoms with Crippen LogP contribution >= 0.6 is 11.6 Å². The van der Waals surface area contributed by atoms with Crippen molar-refractivity contribution in [1.82, 2.24) is 5.43 Å². The minimum Gasteiger partial charge on any atom is -0.493 e. The van der Waals surface area contributed by atoms with Gasteiger partial charge in [0.05, 0.1) is 31.6 Å². The lowest BCUT2D eigenvalue weighted by Gasteiger charge is -2.14. The van der Waals surface area contributed by atoms with Gasteiger partial charge in [-0.1, -0.05) is 61.0 Å². The Labute approximate surface area is 233 Å². The summed E-state index contributed by atoms with van der Waals surface area (Å²) in [6.07, 6.45) is 2.36. The van der Waals surface area contributed by atoms with Gasteiger partial charge in [-0.2, -0.15) is 5.10 Å². The lowest BCUT2D eigenvalue weighted by atomic mass is 10.1. The van der Waals surface area contributed by atoms with Crippen LogP contribution in [0.4, 0.5) is 0 Å². The largest absolute Gasteiger partial charge is 0.493 e. The van der Waals surface area contributed by atoms with Crippen LogP contribution < -0.4 is 24.4 Å². The van der Waals surface area contributed by atoms with E-state index in [9.17, 15) is 4.79 Å². The van der Waals surface area contributed by atoms with E-state index in [0.29, 0.717) is 59.0 Å². The Morgan fingerprint density at radius 2 is 1.74 bits per heavy atom. The Balaban J connectivity index is 1.44. The number of methoxy groups -OCH3 is 1. The summed E-state index contributed by atoms with van der Waals surface area (Å²) in [5.74, 6) is 1.62. The minimum absolute atomic E-state index is 0.326. The molecule has 202 valence electrons. The van der Waals surface area contributed by atoms with Gasteiger partial charge >= 0.3 is 0 Å². The van der Waals surface area contributed by atoms with Crippen LogP contribution in [0, 0.1) is 0 Å². The highest BCUT2D eigenvalue weighted by atomic mass is 35.5. The van der Waals surface area contributed by atoms with E-state index < -0.39 is 0 Å². The highest BCUT2D eigenvalue weighted by Gasteiger charge is 2.14. The number of rotatable bonds is 12. The third kappa shape index (κ3) is 7.00. The number of fused-ring (bicyclic) bond motifs is 1. The van der Waals surface area contributed by atoms with E-state index in [4.69, 9.17) is 30.5 Å². The van der Waals surface area contributed by atoms with E-state index in [2.05, 4.69) is 28.7 Å². The monoisotopic (exact) mass is 546 g/mol. The van der Waals surface area contributed by atoms with E-state index >= 15 is 0 Å². The predicted octanol–water partition coefficient (Wildman–Crippen LogP) is 7.03. The number of hydrogen-bond donors (Lipinski definition) is 1. The molecule has 1 amide bonds. The van der Waals surface area contributed by atoms with Crippen LogP contribution in [0.3, 0.4) is 0 Å². The molecule has 1 N–H and O–H groups in total. The molecule has 0 heterocycles. The maximum Gasteiger partial charge on any atom is 0.271 e. The van der Waals surface area contributed by atoms with Crippen molar-refractivity contribution in [3.8, 4) is 23.0 Å². The van der Waals surface area contributed by atoms with E-state index in [1.54, 1.807) is 37.4 Å². The maximum absolute atomic E-state index is 12.7. The second kappa shape index (κ2) is 13.5. The third-order valence-electron chi connectivity index (χ3n) is 5.85. The van der Waals surface area contributed by atoms with Crippen LogP contribution in [-0.4, -0.2) is 32.4 Å². The fraction of sp³-hybridized carbons (Fsp3) is 0.226. The van der Waals surface area contributed by atoms with Crippen LogP contribution in [0.2, 0.25) is 5.02 Å². The summed E-state index contributed by atoms with van der Waals surface area (Å²) in [6, 6.07) is 22.7. The van der Waals surface area contributed by atoms with Gasteiger partial charge in [-0.25, -0.2) is 5.43 Å². The molecule has 0 unspecified atom stereocenters. The molecule has 0 saturated carbocycles. The maximum atomic E-state index is 12.7. The quantitative estimate of drug-likeness (QED) is 0.152. The summed E-state index contributed by atoms with van der Waals surface area (Å²) in [6.45, 7) is 5.24. The molecule has 4 aromatic carbocycles. The van der Waals surface area contributed by atoms with Crippen LogP contribution in [0.1, 0.15) is 41.8 Å². The standard InChI is InChI=1S/C31H31ClN2O5/c1-4-15-38-27-14-13-23(18-28(27)37-5-2)31(35)34-33-19-21-16-26(32)30(29(17-21)36-3)39-20-24-11-8-10-22-9-6-7-12-25(22)24/h6-14,16-19H,4-5,15,20H2,1-3H3,(H,34,35)/b33-19+. The second-order valence-corrected chi connectivity index (χ2v) is 9.01. The summed E-state index contributed by atoms with van der Waals surface area (Å²) in [4.78, 5) is 12.7. The number of ether oxygens (including phenoxy) is 4. The molecule has 0 aliphatic rings. The molecule has 0 atom stereocenters. The number of nitrogens with zero attached hydrogens (tertiary/aromatic N) is 1. The third-order valence-corrected chi connectivity index (χ3v) is 6.13. The summed E-state index contributed by atoms with van der Waals surface area (Å²) in [5, 5.41) is 6.71. The summed E-state index contributed by atoms with van der Waals surface area (Å²) in [7, 11) is 1.54. The molecule has 0 aromatic heterocycles. The normalized spacial score (nSPS) is 11.0. The average Bonchev–Trinajstić information content (AvgIpc) is 2.95. The first kappa shape index (κ1) is 27.8. The van der Waals surface area contributed by atoms with Gasteiger partial charge in [0.1, 0.15) is 6.61 Å². The van der Waals surface area contributed by atoms with Crippen molar-refractivity contribution in [2.45, 2.75) is 26.9 Å². The fourth-order valence-electron chi connectivity index (χ4n) is 4.00. The van der Waals surface area contributed by atoms with Crippen molar-refractivity contribution in [2.75, 3.05) is 20.3 Å². The van der Waals surface area contributed by atoms with Crippen molar-refractivity contribution in [3.05, 3.63) is 94.5 Å². The van der Waals surface area contributed by atoms with Gasteiger partial charge in [-0.15, -0.1) is 0 Å². The molecule has 39 heavy (non-hydrogen) atoms. The molecular weight excluding hydrogens is 516 g/mol. The Kier molecular flexibility index (Phi) is 9.64. The zero-order valence-electron chi connectivity index (χ0n) is 22.2. The van der Waals surface area contributed by atoms with Gasteiger partial charge in [0.15, 0.2) is 23.0 Å². The summed E-state index contributed by atoms with van der Waals surface area (Å²) in [5.41, 5.74) is 4.60. The number of halogens is 1. The van der Waals surface area contributed by atoms with Crippen molar-refractivity contribution in [3.63, 3.8) is 0 Å². The molecule has 0 aliphatic carbocycles. The van der Waals surface area contributed by atoms with Crippen molar-refractivity contribution in [2.24, 2.45) is 5.10 Å². The van der Waals surface area contributed by atoms with Crippen molar-refractivity contribution < 1.29 is 23.7 Å². The van der Waals surface area contributed by atoms with Crippen LogP contribution in [0.5, 0.6) is 23.0 Å². The lowest BCUT2D eigenvalue weighted by molar-refractivity contribution is 0.0954. The number of nitrogens with one attached hydrogen (secondary N) is 1. The molecule has 0 spiro atoms. The van der Waals surface area contributed by atoms with Gasteiger partial charge in [0.2, 0.25) is 0 Å². The Bertz CT molecular complexity index is 1470. The number of carbonyl (C=O) groups is 1. The number of hydrogen-bond acceptors (Lipinski definition) is 6. The van der Waals surface area contributed by atoms with Gasteiger partial charge in [-0.05, 0) is 65.6 Å². The van der Waals surface area contributed by atoms with Gasteiger partial charge in [0.25, 0.3) is 5.91 Å². The van der Waals surface area contributed by atoms with Crippen LogP contribution in [0.15, 0.2) is 77.9 Å². The Morgan fingerprint density at radius 1 is 0.923 bits per heavy atom. The Hall–Kier alpha value is -4.23. The first-order chi connectivity index (χ1) is 19.0. The van der Waals surface area contributed by atoms with E-state index in [1.165, 1.54) is 6.21 Å². The smallest absolute Gasteiger partial charge is 0.271 e. The SMILES string of the molecule is CCCOc1ccc(C(=O)N/N=C/c2cc(Cl)c(OCc3cccc4ccccc34)c(OC)c2)cc1OCC. The fourth-order valence-corrected chi connectivity index (χ4v) is 4.28. The molecule has 8 heteroatoms. The molecule has 0 bridgehead atoms. The Morgan fingerprint density at radius 3 is 2.54 bits per heavy atom. The van der Waals surface area contributed by atoms with Crippen LogP contribution in [0.25, 0.3) is 10.8 Å². The van der Waals surface area contributed by atoms with E-state index in [-0.39, 0.29) is 5.91 Å². The molecule has 0 aliphatic heterocycles. The van der Waals surface area contributed by atoms with Crippen LogP contribution in [-0.2, 0) is 6.61 Å². The number of benzene rings is 4. The molecule has 4 rings (SSSR count). The zero-order valence-corrected chi connectivity index (χ0v) is 23.0. The predicted molar refractivity (Wildman–Crippen MR) is 155 cm³/mol. The molecule has 0 fully saturated rings. The highest BCUT2D eigenvalue weighted by molar-refractivity contribution is 6.32. The first-order valence-electron chi connectivity index (χ1n) is 12.7.